The number of Topliss-reactive ketones (excluding diaryl/α,β-unsaturated/α-hetero) is 1. The van der Waals surface area contributed by atoms with Gasteiger partial charge in [0.05, 0.1) is 13.2 Å². The summed E-state index contributed by atoms with van der Waals surface area (Å²) in [6.45, 7) is 11.8. The molecule has 162 valence electrons. The SMILES string of the molecule is COC(=O)c1[nH]c(C)c(C(=O)C(C)N(CCC(C)C)C(=O)c2ccc(C)cc2)c1C. The van der Waals surface area contributed by atoms with Gasteiger partial charge in [0.25, 0.3) is 5.91 Å². The van der Waals surface area contributed by atoms with E-state index in [1.54, 1.807) is 37.8 Å². The van der Waals surface area contributed by atoms with Crippen molar-refractivity contribution in [1.29, 1.82) is 0 Å². The number of carbonyl (C=O) groups is 3. The minimum absolute atomic E-state index is 0.171. The van der Waals surface area contributed by atoms with Gasteiger partial charge in [0.2, 0.25) is 0 Å². The van der Waals surface area contributed by atoms with Crippen LogP contribution in [0.5, 0.6) is 0 Å². The zero-order valence-corrected chi connectivity index (χ0v) is 19.0. The molecule has 0 fully saturated rings. The van der Waals surface area contributed by atoms with Crippen LogP contribution in [0.1, 0.15) is 75.2 Å². The van der Waals surface area contributed by atoms with Crippen molar-refractivity contribution in [3.63, 3.8) is 0 Å². The van der Waals surface area contributed by atoms with E-state index in [-0.39, 0.29) is 17.4 Å². The molecule has 0 saturated heterocycles. The molecule has 2 aromatic rings. The summed E-state index contributed by atoms with van der Waals surface area (Å²) in [4.78, 5) is 43.3. The van der Waals surface area contributed by atoms with E-state index < -0.39 is 12.0 Å². The van der Waals surface area contributed by atoms with E-state index in [4.69, 9.17) is 4.74 Å². The molecule has 1 atom stereocenters. The molecule has 2 rings (SSSR count). The lowest BCUT2D eigenvalue weighted by atomic mass is 9.98. The van der Waals surface area contributed by atoms with Crippen molar-refractivity contribution in [3.05, 3.63) is 57.9 Å². The molecule has 0 bridgehead atoms. The minimum Gasteiger partial charge on any atom is -0.464 e. The molecule has 0 saturated carbocycles. The monoisotopic (exact) mass is 412 g/mol. The van der Waals surface area contributed by atoms with Gasteiger partial charge in [-0.15, -0.1) is 0 Å². The Balaban J connectivity index is 2.40. The maximum atomic E-state index is 13.4. The number of H-pyrrole nitrogens is 1. The topological polar surface area (TPSA) is 79.5 Å². The average molecular weight is 413 g/mol. The molecule has 0 spiro atoms. The molecule has 1 aromatic heterocycles. The summed E-state index contributed by atoms with van der Waals surface area (Å²) in [5.41, 5.74) is 3.47. The molecule has 1 aromatic carbocycles. The van der Waals surface area contributed by atoms with Crippen molar-refractivity contribution in [1.82, 2.24) is 9.88 Å². The molecule has 6 nitrogen and oxygen atoms in total. The van der Waals surface area contributed by atoms with Crippen molar-refractivity contribution >= 4 is 17.7 Å². The standard InChI is InChI=1S/C24H32N2O4/c1-14(2)12-13-26(23(28)19-10-8-15(3)9-11-19)18(6)22(27)20-16(4)21(24(29)30-7)25-17(20)5/h8-11,14,18,25H,12-13H2,1-7H3. The number of aromatic nitrogens is 1. The van der Waals surface area contributed by atoms with Gasteiger partial charge in [-0.3, -0.25) is 9.59 Å². The number of rotatable bonds is 8. The molecular formula is C24H32N2O4. The Morgan fingerprint density at radius 2 is 1.63 bits per heavy atom. The lowest BCUT2D eigenvalue weighted by molar-refractivity contribution is 0.0592. The fourth-order valence-electron chi connectivity index (χ4n) is 3.51. The van der Waals surface area contributed by atoms with Crippen LogP contribution in [0.25, 0.3) is 0 Å². The number of aromatic amines is 1. The van der Waals surface area contributed by atoms with Gasteiger partial charge in [-0.2, -0.15) is 0 Å². The normalized spacial score (nSPS) is 12.0. The zero-order valence-electron chi connectivity index (χ0n) is 19.0. The summed E-state index contributed by atoms with van der Waals surface area (Å²) in [5.74, 6) is -0.492. The van der Waals surface area contributed by atoms with Crippen LogP contribution < -0.4 is 0 Å². The third kappa shape index (κ3) is 4.99. The molecule has 1 amide bonds. The Bertz CT molecular complexity index is 925. The van der Waals surface area contributed by atoms with Crippen LogP contribution in [0.2, 0.25) is 0 Å². The summed E-state index contributed by atoms with van der Waals surface area (Å²) in [6, 6.07) is 6.70. The van der Waals surface area contributed by atoms with Crippen molar-refractivity contribution in [3.8, 4) is 0 Å². The van der Waals surface area contributed by atoms with Crippen LogP contribution in [0.3, 0.4) is 0 Å². The second-order valence-electron chi connectivity index (χ2n) is 8.20. The lowest BCUT2D eigenvalue weighted by Gasteiger charge is -2.29. The first-order valence-electron chi connectivity index (χ1n) is 10.3. The Kier molecular flexibility index (Phi) is 7.59. The number of aryl methyl sites for hydroxylation is 2. The first-order valence-corrected chi connectivity index (χ1v) is 10.3. The number of hydrogen-bond acceptors (Lipinski definition) is 4. The van der Waals surface area contributed by atoms with Crippen molar-refractivity contribution in [2.75, 3.05) is 13.7 Å². The number of carbonyl (C=O) groups excluding carboxylic acids is 3. The highest BCUT2D eigenvalue weighted by molar-refractivity contribution is 6.07. The quantitative estimate of drug-likeness (QED) is 0.512. The van der Waals surface area contributed by atoms with E-state index in [0.717, 1.165) is 12.0 Å². The summed E-state index contributed by atoms with van der Waals surface area (Å²) in [5, 5.41) is 0. The molecular weight excluding hydrogens is 380 g/mol. The van der Waals surface area contributed by atoms with Gasteiger partial charge < -0.3 is 14.6 Å². The van der Waals surface area contributed by atoms with Gasteiger partial charge in [-0.05, 0) is 57.7 Å². The van der Waals surface area contributed by atoms with E-state index in [1.165, 1.54) is 7.11 Å². The van der Waals surface area contributed by atoms with Gasteiger partial charge in [-0.25, -0.2) is 4.79 Å². The van der Waals surface area contributed by atoms with Gasteiger partial charge in [0.1, 0.15) is 5.69 Å². The van der Waals surface area contributed by atoms with Crippen LogP contribution in [0.4, 0.5) is 0 Å². The predicted octanol–water partition coefficient (Wildman–Crippen LogP) is 4.49. The molecule has 0 aliphatic rings. The maximum absolute atomic E-state index is 13.4. The Morgan fingerprint density at radius 3 is 2.17 bits per heavy atom. The fraction of sp³-hybridized carbons (Fsp3) is 0.458. The second kappa shape index (κ2) is 9.74. The highest BCUT2D eigenvalue weighted by atomic mass is 16.5. The smallest absolute Gasteiger partial charge is 0.354 e. The van der Waals surface area contributed by atoms with Crippen LogP contribution in [0, 0.1) is 26.7 Å². The predicted molar refractivity (Wildman–Crippen MR) is 117 cm³/mol. The number of esters is 1. The molecule has 1 N–H and O–H groups in total. The third-order valence-corrected chi connectivity index (χ3v) is 5.43. The number of methoxy groups -OCH3 is 1. The second-order valence-corrected chi connectivity index (χ2v) is 8.20. The number of ketones is 1. The third-order valence-electron chi connectivity index (χ3n) is 5.43. The van der Waals surface area contributed by atoms with Gasteiger partial charge in [-0.1, -0.05) is 31.5 Å². The summed E-state index contributed by atoms with van der Waals surface area (Å²) in [7, 11) is 1.30. The average Bonchev–Trinajstić information content (AvgIpc) is 3.00. The largest absolute Gasteiger partial charge is 0.464 e. The first-order chi connectivity index (χ1) is 14.1. The maximum Gasteiger partial charge on any atom is 0.354 e. The van der Waals surface area contributed by atoms with Crippen molar-refractivity contribution in [2.45, 2.75) is 54.0 Å². The first kappa shape index (κ1) is 23.4. The molecule has 1 heterocycles. The highest BCUT2D eigenvalue weighted by Gasteiger charge is 2.31. The number of amides is 1. The molecule has 1 unspecified atom stereocenters. The Hall–Kier alpha value is -2.89. The molecule has 30 heavy (non-hydrogen) atoms. The van der Waals surface area contributed by atoms with Gasteiger partial charge in [0.15, 0.2) is 5.78 Å². The van der Waals surface area contributed by atoms with Crippen LogP contribution in [-0.2, 0) is 4.74 Å². The number of nitrogens with one attached hydrogen (secondary N) is 1. The van der Waals surface area contributed by atoms with Crippen molar-refractivity contribution < 1.29 is 19.1 Å². The van der Waals surface area contributed by atoms with Crippen LogP contribution in [-0.4, -0.2) is 47.2 Å². The van der Waals surface area contributed by atoms with E-state index in [1.807, 2.05) is 19.1 Å². The Labute approximate surface area is 178 Å². The highest BCUT2D eigenvalue weighted by Crippen LogP contribution is 2.23. The van der Waals surface area contributed by atoms with Crippen molar-refractivity contribution in [2.24, 2.45) is 5.92 Å². The number of benzene rings is 1. The van der Waals surface area contributed by atoms with Crippen LogP contribution in [0.15, 0.2) is 24.3 Å². The minimum atomic E-state index is -0.670. The number of nitrogens with zero attached hydrogens (tertiary/aromatic N) is 1. The van der Waals surface area contributed by atoms with Gasteiger partial charge >= 0.3 is 5.97 Å². The summed E-state index contributed by atoms with van der Waals surface area (Å²) in [6.07, 6.45) is 0.785. The lowest BCUT2D eigenvalue weighted by Crippen LogP contribution is -2.44. The van der Waals surface area contributed by atoms with E-state index in [0.29, 0.717) is 34.8 Å². The van der Waals surface area contributed by atoms with E-state index in [2.05, 4.69) is 18.8 Å². The fourth-order valence-corrected chi connectivity index (χ4v) is 3.51. The molecule has 6 heteroatoms. The van der Waals surface area contributed by atoms with Gasteiger partial charge in [0, 0.05) is 23.4 Å². The van der Waals surface area contributed by atoms with E-state index in [9.17, 15) is 14.4 Å². The Morgan fingerprint density at radius 1 is 1.03 bits per heavy atom. The summed E-state index contributed by atoms with van der Waals surface area (Å²) < 4.78 is 4.80. The zero-order chi connectivity index (χ0) is 22.6. The van der Waals surface area contributed by atoms with Crippen LogP contribution >= 0.6 is 0 Å². The molecule has 0 aliphatic heterocycles. The number of ether oxygens (including phenoxy) is 1. The summed E-state index contributed by atoms with van der Waals surface area (Å²) >= 11 is 0. The van der Waals surface area contributed by atoms with E-state index >= 15 is 0 Å². The molecule has 0 aliphatic carbocycles. The number of hydrogen-bond donors (Lipinski definition) is 1. The molecule has 0 radical (unpaired) electrons.